The molecule has 1 amide bonds. The molecule has 23 heavy (non-hydrogen) atoms. The van der Waals surface area contributed by atoms with E-state index in [0.29, 0.717) is 12.0 Å². The van der Waals surface area contributed by atoms with E-state index < -0.39 is 0 Å². The van der Waals surface area contributed by atoms with Crippen molar-refractivity contribution in [3.8, 4) is 0 Å². The van der Waals surface area contributed by atoms with Gasteiger partial charge in [-0.1, -0.05) is 24.3 Å². The minimum absolute atomic E-state index is 0. The van der Waals surface area contributed by atoms with E-state index in [1.54, 1.807) is 0 Å². The minimum atomic E-state index is -0.388. The van der Waals surface area contributed by atoms with Crippen molar-refractivity contribution in [1.29, 1.82) is 0 Å². The van der Waals surface area contributed by atoms with Crippen LogP contribution in [-0.4, -0.2) is 43.6 Å². The van der Waals surface area contributed by atoms with Gasteiger partial charge in [-0.15, -0.1) is 12.4 Å². The van der Waals surface area contributed by atoms with Crippen LogP contribution in [0.15, 0.2) is 24.3 Å². The summed E-state index contributed by atoms with van der Waals surface area (Å²) in [6.45, 7) is 4.66. The Morgan fingerprint density at radius 3 is 2.74 bits per heavy atom. The Bertz CT molecular complexity index is 562. The first-order chi connectivity index (χ1) is 10.8. The van der Waals surface area contributed by atoms with Crippen molar-refractivity contribution >= 4 is 18.3 Å². The van der Waals surface area contributed by atoms with Crippen molar-refractivity contribution in [3.05, 3.63) is 35.4 Å². The van der Waals surface area contributed by atoms with Crippen LogP contribution >= 0.6 is 12.4 Å². The zero-order valence-corrected chi connectivity index (χ0v) is 14.2. The number of likely N-dealkylation sites (tertiary alicyclic amines) is 1. The second kappa shape index (κ2) is 6.80. The highest BCUT2D eigenvalue weighted by Gasteiger charge is 2.40. The summed E-state index contributed by atoms with van der Waals surface area (Å²) in [6.07, 6.45) is 4.04. The van der Waals surface area contributed by atoms with Gasteiger partial charge in [0.2, 0.25) is 0 Å². The molecule has 1 spiro atoms. The van der Waals surface area contributed by atoms with Crippen LogP contribution in [0.1, 0.15) is 36.5 Å². The number of hydrogen-bond donors (Lipinski definition) is 1. The van der Waals surface area contributed by atoms with E-state index in [9.17, 15) is 4.79 Å². The molecule has 126 valence electrons. The van der Waals surface area contributed by atoms with Gasteiger partial charge in [0.15, 0.2) is 6.10 Å². The van der Waals surface area contributed by atoms with Crippen molar-refractivity contribution in [1.82, 2.24) is 10.2 Å². The van der Waals surface area contributed by atoms with Gasteiger partial charge in [0.25, 0.3) is 5.91 Å². The second-order valence-electron chi connectivity index (χ2n) is 6.95. The number of carbonyl (C=O) groups is 1. The lowest BCUT2D eigenvalue weighted by Crippen LogP contribution is -2.46. The summed E-state index contributed by atoms with van der Waals surface area (Å²) in [4.78, 5) is 14.9. The van der Waals surface area contributed by atoms with E-state index in [-0.39, 0.29) is 24.4 Å². The molecule has 4 rings (SSSR count). The fourth-order valence-electron chi connectivity index (χ4n) is 4.19. The lowest BCUT2D eigenvalue weighted by atomic mass is 9.77. The highest BCUT2D eigenvalue weighted by Crippen LogP contribution is 2.38. The molecule has 0 saturated carbocycles. The molecule has 2 fully saturated rings. The lowest BCUT2D eigenvalue weighted by Gasteiger charge is -2.40. The molecule has 0 radical (unpaired) electrons. The van der Waals surface area contributed by atoms with Crippen LogP contribution in [0.25, 0.3) is 0 Å². The van der Waals surface area contributed by atoms with Gasteiger partial charge in [-0.25, -0.2) is 0 Å². The number of piperidine rings is 1. The van der Waals surface area contributed by atoms with Crippen molar-refractivity contribution < 1.29 is 9.53 Å². The number of nitrogens with one attached hydrogen (secondary N) is 1. The maximum absolute atomic E-state index is 12.9. The molecule has 3 aliphatic heterocycles. The predicted octanol–water partition coefficient (Wildman–Crippen LogP) is 2.32. The Morgan fingerprint density at radius 1 is 1.22 bits per heavy atom. The third-order valence-corrected chi connectivity index (χ3v) is 5.69. The lowest BCUT2D eigenvalue weighted by molar-refractivity contribution is -0.147. The van der Waals surface area contributed by atoms with Gasteiger partial charge in [-0.2, -0.15) is 0 Å². The molecule has 1 aromatic carbocycles. The van der Waals surface area contributed by atoms with Crippen molar-refractivity contribution in [2.45, 2.75) is 31.8 Å². The molecular formula is C18H25ClN2O2. The first-order valence-corrected chi connectivity index (χ1v) is 8.46. The van der Waals surface area contributed by atoms with Crippen LogP contribution in [0.5, 0.6) is 0 Å². The number of hydrogen-bond acceptors (Lipinski definition) is 3. The van der Waals surface area contributed by atoms with Gasteiger partial charge in [0.1, 0.15) is 0 Å². The zero-order valence-electron chi connectivity index (χ0n) is 13.4. The maximum Gasteiger partial charge on any atom is 0.256 e. The number of benzene rings is 1. The molecule has 2 saturated heterocycles. The topological polar surface area (TPSA) is 41.6 Å². The number of halogens is 1. The zero-order chi connectivity index (χ0) is 15.0. The molecule has 3 heterocycles. The molecular weight excluding hydrogens is 312 g/mol. The Labute approximate surface area is 144 Å². The van der Waals surface area contributed by atoms with E-state index in [4.69, 9.17) is 4.74 Å². The molecule has 0 aromatic heterocycles. The Balaban J connectivity index is 0.00000156. The largest absolute Gasteiger partial charge is 0.363 e. The van der Waals surface area contributed by atoms with Gasteiger partial charge < -0.3 is 15.0 Å². The highest BCUT2D eigenvalue weighted by molar-refractivity contribution is 5.85. The highest BCUT2D eigenvalue weighted by atomic mass is 35.5. The molecule has 5 heteroatoms. The van der Waals surface area contributed by atoms with Gasteiger partial charge in [0.05, 0.1) is 6.61 Å². The normalized spacial score (nSPS) is 25.7. The van der Waals surface area contributed by atoms with Crippen LogP contribution in [0.2, 0.25) is 0 Å². The first kappa shape index (κ1) is 16.7. The summed E-state index contributed by atoms with van der Waals surface area (Å²) >= 11 is 0. The molecule has 1 aromatic rings. The van der Waals surface area contributed by atoms with Crippen LogP contribution in [-0.2, 0) is 16.0 Å². The molecule has 0 bridgehead atoms. The Kier molecular flexibility index (Phi) is 4.95. The van der Waals surface area contributed by atoms with Crippen LogP contribution < -0.4 is 5.32 Å². The molecule has 4 nitrogen and oxygen atoms in total. The monoisotopic (exact) mass is 336 g/mol. The summed E-state index contributed by atoms with van der Waals surface area (Å²) < 4.78 is 5.83. The number of fused-ring (bicyclic) bond motifs is 1. The number of ether oxygens (including phenoxy) is 1. The predicted molar refractivity (Wildman–Crippen MR) is 91.8 cm³/mol. The average Bonchev–Trinajstić information content (AvgIpc) is 3.02. The Morgan fingerprint density at radius 2 is 2.00 bits per heavy atom. The van der Waals surface area contributed by atoms with E-state index in [2.05, 4.69) is 11.4 Å². The van der Waals surface area contributed by atoms with Gasteiger partial charge >= 0.3 is 0 Å². The van der Waals surface area contributed by atoms with Crippen molar-refractivity contribution in [3.63, 3.8) is 0 Å². The quantitative estimate of drug-likeness (QED) is 0.855. The maximum atomic E-state index is 12.9. The summed E-state index contributed by atoms with van der Waals surface area (Å²) in [5, 5.41) is 3.48. The van der Waals surface area contributed by atoms with Gasteiger partial charge in [-0.3, -0.25) is 4.79 Å². The number of nitrogens with zero attached hydrogens (tertiary/aromatic N) is 1. The van der Waals surface area contributed by atoms with Crippen molar-refractivity contribution in [2.24, 2.45) is 5.41 Å². The van der Waals surface area contributed by atoms with E-state index in [1.807, 2.05) is 23.1 Å². The van der Waals surface area contributed by atoms with Crippen LogP contribution in [0, 0.1) is 5.41 Å². The third kappa shape index (κ3) is 3.12. The smallest absolute Gasteiger partial charge is 0.256 e. The number of rotatable bonds is 1. The summed E-state index contributed by atoms with van der Waals surface area (Å²) in [5.74, 6) is 0.160. The van der Waals surface area contributed by atoms with Crippen LogP contribution in [0.4, 0.5) is 0 Å². The summed E-state index contributed by atoms with van der Waals surface area (Å²) in [5.41, 5.74) is 2.78. The molecule has 1 unspecified atom stereocenters. The van der Waals surface area contributed by atoms with Gasteiger partial charge in [-0.05, 0) is 48.8 Å². The molecule has 0 aliphatic carbocycles. The second-order valence-corrected chi connectivity index (χ2v) is 6.95. The fraction of sp³-hybridized carbons (Fsp3) is 0.611. The van der Waals surface area contributed by atoms with E-state index >= 15 is 0 Å². The fourth-order valence-corrected chi connectivity index (χ4v) is 4.19. The average molecular weight is 337 g/mol. The summed E-state index contributed by atoms with van der Waals surface area (Å²) in [6, 6.07) is 8.21. The Hall–Kier alpha value is -1.10. The minimum Gasteiger partial charge on any atom is -0.363 e. The van der Waals surface area contributed by atoms with Crippen molar-refractivity contribution in [2.75, 3.05) is 32.8 Å². The first-order valence-electron chi connectivity index (χ1n) is 8.46. The molecule has 1 N–H and O–H groups in total. The summed E-state index contributed by atoms with van der Waals surface area (Å²) in [7, 11) is 0. The SMILES string of the molecule is Cl.O=C(C1OCCc2ccccc21)N1CCC2(CCNC2)CC1. The number of carbonyl (C=O) groups excluding carboxylic acids is 1. The molecule has 3 aliphatic rings. The van der Waals surface area contributed by atoms with Crippen LogP contribution in [0.3, 0.4) is 0 Å². The molecule has 1 atom stereocenters. The van der Waals surface area contributed by atoms with E-state index in [1.165, 1.54) is 12.0 Å². The third-order valence-electron chi connectivity index (χ3n) is 5.69. The number of amides is 1. The van der Waals surface area contributed by atoms with E-state index in [0.717, 1.165) is 51.0 Å². The standard InChI is InChI=1S/C18H24N2O2.ClH/c21-17(16-15-4-2-1-3-14(15)5-12-22-16)20-10-7-18(8-11-20)6-9-19-13-18;/h1-4,16,19H,5-13H2;1H. The van der Waals surface area contributed by atoms with Gasteiger partial charge in [0, 0.05) is 19.6 Å².